The van der Waals surface area contributed by atoms with Gasteiger partial charge in [-0.2, -0.15) is 0 Å². The predicted molar refractivity (Wildman–Crippen MR) is 93.7 cm³/mol. The minimum Gasteiger partial charge on any atom is -0.361 e. The number of carbonyl (C=O) groups excluding carboxylic acids is 1. The maximum absolute atomic E-state index is 12.5. The van der Waals surface area contributed by atoms with Gasteiger partial charge in [-0.15, -0.1) is 0 Å². The molecule has 1 aliphatic rings. The molecule has 1 atom stereocenters. The van der Waals surface area contributed by atoms with Crippen molar-refractivity contribution in [2.45, 2.75) is 19.0 Å². The van der Waals surface area contributed by atoms with Crippen molar-refractivity contribution in [3.8, 4) is 0 Å². The number of benzene rings is 1. The molecule has 0 bridgehead atoms. The number of nitrogens with zero attached hydrogens (tertiary/aromatic N) is 2. The lowest BCUT2D eigenvalue weighted by molar-refractivity contribution is 0.0789. The molecule has 2 N–H and O–H groups in total. The van der Waals surface area contributed by atoms with Crippen molar-refractivity contribution in [3.05, 3.63) is 66.1 Å². The molecule has 2 aromatic heterocycles. The predicted octanol–water partition coefficient (Wildman–Crippen LogP) is 2.57. The first-order chi connectivity index (χ1) is 11.8. The molecule has 3 heterocycles. The van der Waals surface area contributed by atoms with E-state index in [4.69, 9.17) is 0 Å². The number of aromatic amines is 1. The van der Waals surface area contributed by atoms with Crippen LogP contribution in [0.1, 0.15) is 22.3 Å². The largest absolute Gasteiger partial charge is 0.361 e. The van der Waals surface area contributed by atoms with Gasteiger partial charge >= 0.3 is 0 Å². The third-order valence-electron chi connectivity index (χ3n) is 4.65. The minimum atomic E-state index is 0.0696. The van der Waals surface area contributed by atoms with Gasteiger partial charge in [-0.1, -0.05) is 12.1 Å². The average molecular weight is 320 g/mol. The van der Waals surface area contributed by atoms with Crippen LogP contribution in [0.25, 0.3) is 10.9 Å². The highest BCUT2D eigenvalue weighted by Gasteiger charge is 2.26. The molecule has 1 aromatic carbocycles. The van der Waals surface area contributed by atoms with Gasteiger partial charge in [-0.3, -0.25) is 9.78 Å². The van der Waals surface area contributed by atoms with E-state index in [9.17, 15) is 4.79 Å². The van der Waals surface area contributed by atoms with Crippen LogP contribution in [-0.4, -0.2) is 39.9 Å². The van der Waals surface area contributed by atoms with Crippen LogP contribution in [-0.2, 0) is 6.54 Å². The molecule has 1 aliphatic heterocycles. The molecule has 0 saturated carbocycles. The van der Waals surface area contributed by atoms with Gasteiger partial charge in [-0.25, -0.2) is 0 Å². The Bertz CT molecular complexity index is 843. The van der Waals surface area contributed by atoms with Crippen LogP contribution in [0.5, 0.6) is 0 Å². The number of carbonyl (C=O) groups is 1. The van der Waals surface area contributed by atoms with Crippen LogP contribution >= 0.6 is 0 Å². The van der Waals surface area contributed by atoms with Crippen molar-refractivity contribution >= 4 is 16.8 Å². The molecule has 5 heteroatoms. The molecule has 1 saturated heterocycles. The Balaban J connectivity index is 1.37. The van der Waals surface area contributed by atoms with Gasteiger partial charge in [0.1, 0.15) is 0 Å². The first-order valence-corrected chi connectivity index (χ1v) is 8.29. The average Bonchev–Trinajstić information content (AvgIpc) is 3.29. The van der Waals surface area contributed by atoms with Gasteiger partial charge in [0.05, 0.1) is 5.56 Å². The van der Waals surface area contributed by atoms with Gasteiger partial charge in [0.2, 0.25) is 0 Å². The minimum absolute atomic E-state index is 0.0696. The van der Waals surface area contributed by atoms with E-state index in [0.717, 1.165) is 31.6 Å². The van der Waals surface area contributed by atoms with E-state index in [-0.39, 0.29) is 5.91 Å². The zero-order valence-electron chi connectivity index (χ0n) is 13.4. The maximum Gasteiger partial charge on any atom is 0.255 e. The van der Waals surface area contributed by atoms with Crippen LogP contribution in [0, 0.1) is 0 Å². The molecule has 0 aliphatic carbocycles. The molecule has 1 fully saturated rings. The second-order valence-corrected chi connectivity index (χ2v) is 6.22. The second kappa shape index (κ2) is 6.45. The smallest absolute Gasteiger partial charge is 0.255 e. The number of rotatable bonds is 4. The standard InChI is InChI=1S/C19H20N4O/c24-19(15-4-2-8-20-11-15)23-10-7-16(13-23)22-12-14-3-1-5-18-17(14)6-9-21-18/h1-6,8-9,11,16,21-22H,7,10,12-13H2. The molecular formula is C19H20N4O. The summed E-state index contributed by atoms with van der Waals surface area (Å²) in [6.07, 6.45) is 6.27. The Morgan fingerprint density at radius 3 is 3.12 bits per heavy atom. The first kappa shape index (κ1) is 14.9. The number of amides is 1. The number of pyridine rings is 1. The van der Waals surface area contributed by atoms with E-state index < -0.39 is 0 Å². The third-order valence-corrected chi connectivity index (χ3v) is 4.65. The Hall–Kier alpha value is -2.66. The molecule has 24 heavy (non-hydrogen) atoms. The zero-order valence-corrected chi connectivity index (χ0v) is 13.4. The van der Waals surface area contributed by atoms with E-state index in [1.807, 2.05) is 17.2 Å². The summed E-state index contributed by atoms with van der Waals surface area (Å²) < 4.78 is 0. The number of likely N-dealkylation sites (tertiary alicyclic amines) is 1. The molecule has 5 nitrogen and oxygen atoms in total. The fourth-order valence-corrected chi connectivity index (χ4v) is 3.34. The van der Waals surface area contributed by atoms with Crippen LogP contribution < -0.4 is 5.32 Å². The Morgan fingerprint density at radius 2 is 2.25 bits per heavy atom. The summed E-state index contributed by atoms with van der Waals surface area (Å²) in [4.78, 5) is 21.6. The lowest BCUT2D eigenvalue weighted by atomic mass is 10.1. The van der Waals surface area contributed by atoms with Gasteiger partial charge in [-0.05, 0) is 36.2 Å². The molecule has 0 spiro atoms. The molecule has 0 radical (unpaired) electrons. The van der Waals surface area contributed by atoms with Crippen LogP contribution in [0.4, 0.5) is 0 Å². The lowest BCUT2D eigenvalue weighted by Crippen LogP contribution is -2.34. The monoisotopic (exact) mass is 320 g/mol. The molecule has 1 amide bonds. The zero-order chi connectivity index (χ0) is 16.4. The highest BCUT2D eigenvalue weighted by molar-refractivity contribution is 5.94. The summed E-state index contributed by atoms with van der Waals surface area (Å²) >= 11 is 0. The number of fused-ring (bicyclic) bond motifs is 1. The van der Waals surface area contributed by atoms with Gasteiger partial charge in [0, 0.05) is 55.2 Å². The van der Waals surface area contributed by atoms with E-state index >= 15 is 0 Å². The molecule has 122 valence electrons. The normalized spacial score (nSPS) is 17.5. The summed E-state index contributed by atoms with van der Waals surface area (Å²) in [5.41, 5.74) is 3.11. The van der Waals surface area contributed by atoms with Crippen molar-refractivity contribution in [1.29, 1.82) is 0 Å². The third kappa shape index (κ3) is 2.90. The van der Waals surface area contributed by atoms with E-state index in [1.54, 1.807) is 18.5 Å². The topological polar surface area (TPSA) is 61.0 Å². The van der Waals surface area contributed by atoms with Gasteiger partial charge < -0.3 is 15.2 Å². The van der Waals surface area contributed by atoms with E-state index in [1.165, 1.54) is 10.9 Å². The molecule has 4 rings (SSSR count). The van der Waals surface area contributed by atoms with Crippen LogP contribution in [0.2, 0.25) is 0 Å². The van der Waals surface area contributed by atoms with Gasteiger partial charge in [0.25, 0.3) is 5.91 Å². The Labute approximate surface area is 140 Å². The summed E-state index contributed by atoms with van der Waals surface area (Å²) in [5, 5.41) is 4.85. The van der Waals surface area contributed by atoms with Crippen LogP contribution in [0.3, 0.4) is 0 Å². The number of nitrogens with one attached hydrogen (secondary N) is 2. The fraction of sp³-hybridized carbons (Fsp3) is 0.263. The van der Waals surface area contributed by atoms with Crippen molar-refractivity contribution in [2.24, 2.45) is 0 Å². The summed E-state index contributed by atoms with van der Waals surface area (Å²) in [6, 6.07) is 12.4. The van der Waals surface area contributed by atoms with Crippen LogP contribution in [0.15, 0.2) is 55.0 Å². The highest BCUT2D eigenvalue weighted by Crippen LogP contribution is 2.18. The highest BCUT2D eigenvalue weighted by atomic mass is 16.2. The molecule has 3 aromatic rings. The van der Waals surface area contributed by atoms with Crippen molar-refractivity contribution < 1.29 is 4.79 Å². The lowest BCUT2D eigenvalue weighted by Gasteiger charge is -2.17. The molecule has 1 unspecified atom stereocenters. The summed E-state index contributed by atoms with van der Waals surface area (Å²) in [5.74, 6) is 0.0696. The number of hydrogen-bond donors (Lipinski definition) is 2. The van der Waals surface area contributed by atoms with Crippen molar-refractivity contribution in [3.63, 3.8) is 0 Å². The van der Waals surface area contributed by atoms with E-state index in [0.29, 0.717) is 11.6 Å². The first-order valence-electron chi connectivity index (χ1n) is 8.29. The number of aromatic nitrogens is 2. The van der Waals surface area contributed by atoms with E-state index in [2.05, 4.69) is 39.6 Å². The number of hydrogen-bond acceptors (Lipinski definition) is 3. The SMILES string of the molecule is O=C(c1cccnc1)N1CCC(NCc2cccc3[nH]ccc23)C1. The van der Waals surface area contributed by atoms with Crippen molar-refractivity contribution in [2.75, 3.05) is 13.1 Å². The quantitative estimate of drug-likeness (QED) is 0.777. The maximum atomic E-state index is 12.5. The summed E-state index contributed by atoms with van der Waals surface area (Å²) in [6.45, 7) is 2.35. The Kier molecular flexibility index (Phi) is 4.01. The second-order valence-electron chi connectivity index (χ2n) is 6.22. The Morgan fingerprint density at radius 1 is 1.29 bits per heavy atom. The number of H-pyrrole nitrogens is 1. The van der Waals surface area contributed by atoms with Crippen molar-refractivity contribution in [1.82, 2.24) is 20.2 Å². The summed E-state index contributed by atoms with van der Waals surface area (Å²) in [7, 11) is 0. The molecular weight excluding hydrogens is 300 g/mol. The van der Waals surface area contributed by atoms with Gasteiger partial charge in [0.15, 0.2) is 0 Å². The fourth-order valence-electron chi connectivity index (χ4n) is 3.34.